The molecular formula is C9H16N4O. The van der Waals surface area contributed by atoms with Crippen molar-refractivity contribution in [3.8, 4) is 0 Å². The highest BCUT2D eigenvalue weighted by Crippen LogP contribution is 2.24. The predicted octanol–water partition coefficient (Wildman–Crippen LogP) is 0.241. The van der Waals surface area contributed by atoms with Crippen LogP contribution in [0.3, 0.4) is 0 Å². The number of aromatic nitrogens is 3. The lowest BCUT2D eigenvalue weighted by Crippen LogP contribution is -2.31. The van der Waals surface area contributed by atoms with E-state index in [1.165, 1.54) is 0 Å². The van der Waals surface area contributed by atoms with E-state index in [1.54, 1.807) is 11.0 Å². The van der Waals surface area contributed by atoms with Crippen molar-refractivity contribution < 1.29 is 4.74 Å². The van der Waals surface area contributed by atoms with Crippen molar-refractivity contribution in [2.75, 3.05) is 13.2 Å². The molecule has 1 aromatic rings. The first-order valence-electron chi connectivity index (χ1n) is 4.96. The van der Waals surface area contributed by atoms with Gasteiger partial charge in [0.05, 0.1) is 12.6 Å². The molecule has 2 rings (SSSR count). The van der Waals surface area contributed by atoms with Crippen LogP contribution in [0.1, 0.15) is 24.7 Å². The third-order valence-corrected chi connectivity index (χ3v) is 2.75. The molecule has 1 aromatic heterocycles. The summed E-state index contributed by atoms with van der Waals surface area (Å²) >= 11 is 0. The van der Waals surface area contributed by atoms with Crippen molar-refractivity contribution in [2.24, 2.45) is 18.7 Å². The van der Waals surface area contributed by atoms with Gasteiger partial charge in [0.15, 0.2) is 0 Å². The standard InChI is InChI=1S/C9H16N4O/c1-13-9(11-6-12-13)8(10)7-3-2-4-14-5-7/h6-8H,2-5,10H2,1H3. The summed E-state index contributed by atoms with van der Waals surface area (Å²) in [6, 6.07) is -0.0530. The minimum Gasteiger partial charge on any atom is -0.381 e. The molecule has 1 aliphatic heterocycles. The Morgan fingerprint density at radius 1 is 1.71 bits per heavy atom. The van der Waals surface area contributed by atoms with E-state index in [0.29, 0.717) is 5.92 Å². The minimum absolute atomic E-state index is 0.0530. The van der Waals surface area contributed by atoms with Gasteiger partial charge in [-0.15, -0.1) is 0 Å². The number of hydrogen-bond acceptors (Lipinski definition) is 4. The molecule has 2 atom stereocenters. The van der Waals surface area contributed by atoms with Crippen LogP contribution in [0.5, 0.6) is 0 Å². The van der Waals surface area contributed by atoms with E-state index in [9.17, 15) is 0 Å². The molecule has 1 aliphatic rings. The minimum atomic E-state index is -0.0530. The lowest BCUT2D eigenvalue weighted by molar-refractivity contribution is 0.0432. The molecule has 0 saturated carbocycles. The van der Waals surface area contributed by atoms with Crippen LogP contribution in [-0.4, -0.2) is 28.0 Å². The molecule has 0 spiro atoms. The zero-order chi connectivity index (χ0) is 9.97. The topological polar surface area (TPSA) is 66.0 Å². The maximum absolute atomic E-state index is 6.11. The molecule has 0 aliphatic carbocycles. The normalized spacial score (nSPS) is 24.9. The Morgan fingerprint density at radius 2 is 2.57 bits per heavy atom. The second kappa shape index (κ2) is 4.06. The summed E-state index contributed by atoms with van der Waals surface area (Å²) in [7, 11) is 1.87. The van der Waals surface area contributed by atoms with Gasteiger partial charge in [0.1, 0.15) is 12.2 Å². The van der Waals surface area contributed by atoms with E-state index < -0.39 is 0 Å². The second-order valence-electron chi connectivity index (χ2n) is 3.74. The van der Waals surface area contributed by atoms with Gasteiger partial charge in [0, 0.05) is 19.6 Å². The van der Waals surface area contributed by atoms with Crippen molar-refractivity contribution in [2.45, 2.75) is 18.9 Å². The number of nitrogens with zero attached hydrogens (tertiary/aromatic N) is 3. The van der Waals surface area contributed by atoms with E-state index >= 15 is 0 Å². The second-order valence-corrected chi connectivity index (χ2v) is 3.74. The lowest BCUT2D eigenvalue weighted by atomic mass is 9.94. The summed E-state index contributed by atoms with van der Waals surface area (Å²) in [5.74, 6) is 1.23. The van der Waals surface area contributed by atoms with Gasteiger partial charge in [-0.05, 0) is 12.8 Å². The van der Waals surface area contributed by atoms with Crippen molar-refractivity contribution >= 4 is 0 Å². The van der Waals surface area contributed by atoms with E-state index in [2.05, 4.69) is 10.1 Å². The molecule has 2 heterocycles. The van der Waals surface area contributed by atoms with Gasteiger partial charge < -0.3 is 10.5 Å². The number of hydrogen-bond donors (Lipinski definition) is 1. The van der Waals surface area contributed by atoms with Gasteiger partial charge in [0.2, 0.25) is 0 Å². The Hall–Kier alpha value is -0.940. The van der Waals surface area contributed by atoms with Crippen molar-refractivity contribution in [3.63, 3.8) is 0 Å². The molecular weight excluding hydrogens is 180 g/mol. The van der Waals surface area contributed by atoms with Crippen LogP contribution in [0, 0.1) is 5.92 Å². The van der Waals surface area contributed by atoms with Crippen LogP contribution in [0.15, 0.2) is 6.33 Å². The third kappa shape index (κ3) is 1.78. The first-order chi connectivity index (χ1) is 6.79. The fourth-order valence-corrected chi connectivity index (χ4v) is 1.87. The van der Waals surface area contributed by atoms with Gasteiger partial charge in [-0.1, -0.05) is 0 Å². The fraction of sp³-hybridized carbons (Fsp3) is 0.778. The average molecular weight is 196 g/mol. The number of aryl methyl sites for hydroxylation is 1. The summed E-state index contributed by atoms with van der Waals surface area (Å²) in [6.07, 6.45) is 3.75. The number of ether oxygens (including phenoxy) is 1. The third-order valence-electron chi connectivity index (χ3n) is 2.75. The Morgan fingerprint density at radius 3 is 3.14 bits per heavy atom. The molecule has 2 N–H and O–H groups in total. The predicted molar refractivity (Wildman–Crippen MR) is 51.5 cm³/mol. The molecule has 0 amide bonds. The fourth-order valence-electron chi connectivity index (χ4n) is 1.87. The monoisotopic (exact) mass is 196 g/mol. The first-order valence-corrected chi connectivity index (χ1v) is 4.96. The Bertz CT molecular complexity index is 293. The highest BCUT2D eigenvalue weighted by molar-refractivity contribution is 4.95. The summed E-state index contributed by atoms with van der Waals surface area (Å²) in [4.78, 5) is 4.16. The van der Waals surface area contributed by atoms with Crippen LogP contribution in [0.2, 0.25) is 0 Å². The van der Waals surface area contributed by atoms with E-state index in [4.69, 9.17) is 10.5 Å². The molecule has 1 saturated heterocycles. The van der Waals surface area contributed by atoms with Gasteiger partial charge in [-0.25, -0.2) is 4.98 Å². The molecule has 5 heteroatoms. The van der Waals surface area contributed by atoms with Crippen LogP contribution in [-0.2, 0) is 11.8 Å². The Balaban J connectivity index is 2.07. The highest BCUT2D eigenvalue weighted by atomic mass is 16.5. The van der Waals surface area contributed by atoms with Crippen LogP contribution in [0.25, 0.3) is 0 Å². The van der Waals surface area contributed by atoms with E-state index in [0.717, 1.165) is 31.9 Å². The van der Waals surface area contributed by atoms with Crippen molar-refractivity contribution in [1.29, 1.82) is 0 Å². The summed E-state index contributed by atoms with van der Waals surface area (Å²) in [6.45, 7) is 1.61. The van der Waals surface area contributed by atoms with Crippen molar-refractivity contribution in [3.05, 3.63) is 12.2 Å². The van der Waals surface area contributed by atoms with Gasteiger partial charge in [-0.2, -0.15) is 5.10 Å². The molecule has 14 heavy (non-hydrogen) atoms. The average Bonchev–Trinajstić information content (AvgIpc) is 2.65. The molecule has 2 unspecified atom stereocenters. The molecule has 1 fully saturated rings. The largest absolute Gasteiger partial charge is 0.381 e. The van der Waals surface area contributed by atoms with E-state index in [-0.39, 0.29) is 6.04 Å². The Labute approximate surface area is 83.3 Å². The van der Waals surface area contributed by atoms with Gasteiger partial charge in [0.25, 0.3) is 0 Å². The molecule has 78 valence electrons. The molecule has 0 aromatic carbocycles. The number of nitrogens with two attached hydrogens (primary N) is 1. The molecule has 5 nitrogen and oxygen atoms in total. The number of rotatable bonds is 2. The van der Waals surface area contributed by atoms with Crippen LogP contribution >= 0.6 is 0 Å². The SMILES string of the molecule is Cn1ncnc1C(N)C1CCCOC1. The van der Waals surface area contributed by atoms with Crippen LogP contribution < -0.4 is 5.73 Å². The van der Waals surface area contributed by atoms with Gasteiger partial charge in [-0.3, -0.25) is 4.68 Å². The first kappa shape index (κ1) is 9.61. The summed E-state index contributed by atoms with van der Waals surface area (Å²) in [5.41, 5.74) is 6.11. The van der Waals surface area contributed by atoms with Crippen LogP contribution in [0.4, 0.5) is 0 Å². The van der Waals surface area contributed by atoms with Gasteiger partial charge >= 0.3 is 0 Å². The quantitative estimate of drug-likeness (QED) is 0.736. The Kier molecular flexibility index (Phi) is 2.79. The lowest BCUT2D eigenvalue weighted by Gasteiger charge is -2.26. The molecule has 0 radical (unpaired) electrons. The zero-order valence-electron chi connectivity index (χ0n) is 8.39. The van der Waals surface area contributed by atoms with E-state index in [1.807, 2.05) is 7.05 Å². The highest BCUT2D eigenvalue weighted by Gasteiger charge is 2.25. The van der Waals surface area contributed by atoms with Crippen molar-refractivity contribution in [1.82, 2.24) is 14.8 Å². The maximum Gasteiger partial charge on any atom is 0.143 e. The smallest absolute Gasteiger partial charge is 0.143 e. The summed E-state index contributed by atoms with van der Waals surface area (Å²) < 4.78 is 7.14. The zero-order valence-corrected chi connectivity index (χ0v) is 8.39. The molecule has 0 bridgehead atoms. The summed E-state index contributed by atoms with van der Waals surface area (Å²) in [5, 5.41) is 4.02. The maximum atomic E-state index is 6.11.